The van der Waals surface area contributed by atoms with Crippen LogP contribution in [0.5, 0.6) is 0 Å². The molecule has 0 spiro atoms. The third-order valence-electron chi connectivity index (χ3n) is 3.59. The van der Waals surface area contributed by atoms with Crippen LogP contribution in [0.3, 0.4) is 0 Å². The fourth-order valence-corrected chi connectivity index (χ4v) is 4.26. The summed E-state index contributed by atoms with van der Waals surface area (Å²) in [6.45, 7) is 7.35. The van der Waals surface area contributed by atoms with Crippen molar-refractivity contribution < 1.29 is 8.42 Å². The van der Waals surface area contributed by atoms with Gasteiger partial charge in [0.15, 0.2) is 9.84 Å². The van der Waals surface area contributed by atoms with Gasteiger partial charge < -0.3 is 0 Å². The number of aryl methyl sites for hydroxylation is 1. The molecular weight excluding hydrogens is 258 g/mol. The highest BCUT2D eigenvalue weighted by atomic mass is 32.2. The minimum absolute atomic E-state index is 0.129. The predicted molar refractivity (Wildman–Crippen MR) is 78.8 cm³/mol. The standard InChI is InChI=1S/C15H21NO2S/c1-3-9-16(15-8-10-19(17,18)12-15)11-14-6-4-13(2)5-7-14/h3-7,15H,1,8-12H2,2H3/t15-/m0/s1. The molecule has 0 unspecified atom stereocenters. The van der Waals surface area contributed by atoms with Crippen LogP contribution < -0.4 is 0 Å². The third kappa shape index (κ3) is 3.91. The largest absolute Gasteiger partial charge is 0.291 e. The molecule has 4 heteroatoms. The van der Waals surface area contributed by atoms with Crippen molar-refractivity contribution in [3.05, 3.63) is 48.0 Å². The first-order valence-corrected chi connectivity index (χ1v) is 8.43. The Morgan fingerprint density at radius 2 is 2.05 bits per heavy atom. The molecule has 1 aromatic carbocycles. The van der Waals surface area contributed by atoms with E-state index in [2.05, 4.69) is 42.7 Å². The van der Waals surface area contributed by atoms with E-state index in [1.807, 2.05) is 6.08 Å². The summed E-state index contributed by atoms with van der Waals surface area (Å²) in [6.07, 6.45) is 2.58. The van der Waals surface area contributed by atoms with Crippen molar-refractivity contribution >= 4 is 9.84 Å². The van der Waals surface area contributed by atoms with Gasteiger partial charge in [0.25, 0.3) is 0 Å². The molecule has 1 fully saturated rings. The van der Waals surface area contributed by atoms with Gasteiger partial charge in [-0.05, 0) is 18.9 Å². The van der Waals surface area contributed by atoms with Crippen molar-refractivity contribution in [2.24, 2.45) is 0 Å². The quantitative estimate of drug-likeness (QED) is 0.775. The lowest BCUT2D eigenvalue weighted by atomic mass is 10.1. The Hall–Kier alpha value is -1.13. The molecule has 0 saturated carbocycles. The van der Waals surface area contributed by atoms with Gasteiger partial charge in [-0.25, -0.2) is 8.42 Å². The highest BCUT2D eigenvalue weighted by Crippen LogP contribution is 2.20. The highest BCUT2D eigenvalue weighted by molar-refractivity contribution is 7.91. The zero-order chi connectivity index (χ0) is 13.9. The van der Waals surface area contributed by atoms with E-state index in [0.717, 1.165) is 19.5 Å². The minimum atomic E-state index is -2.83. The van der Waals surface area contributed by atoms with Gasteiger partial charge in [-0.3, -0.25) is 4.90 Å². The van der Waals surface area contributed by atoms with Gasteiger partial charge in [-0.1, -0.05) is 35.9 Å². The van der Waals surface area contributed by atoms with Gasteiger partial charge in [0.1, 0.15) is 0 Å². The van der Waals surface area contributed by atoms with Crippen molar-refractivity contribution in [1.82, 2.24) is 4.90 Å². The lowest BCUT2D eigenvalue weighted by molar-refractivity contribution is 0.227. The summed E-state index contributed by atoms with van der Waals surface area (Å²) in [5, 5.41) is 0. The van der Waals surface area contributed by atoms with Crippen LogP contribution in [0.4, 0.5) is 0 Å². The van der Waals surface area contributed by atoms with Gasteiger partial charge in [0.05, 0.1) is 11.5 Å². The van der Waals surface area contributed by atoms with Crippen molar-refractivity contribution in [3.8, 4) is 0 Å². The van der Waals surface area contributed by atoms with E-state index < -0.39 is 9.84 Å². The average molecular weight is 279 g/mol. The molecule has 2 rings (SSSR count). The van der Waals surface area contributed by atoms with E-state index in [4.69, 9.17) is 0 Å². The topological polar surface area (TPSA) is 37.4 Å². The van der Waals surface area contributed by atoms with Crippen LogP contribution in [0.1, 0.15) is 17.5 Å². The molecule has 1 heterocycles. The minimum Gasteiger partial charge on any atom is -0.291 e. The molecule has 0 N–H and O–H groups in total. The van der Waals surface area contributed by atoms with Crippen LogP contribution in [0, 0.1) is 6.92 Å². The monoisotopic (exact) mass is 279 g/mol. The van der Waals surface area contributed by atoms with Gasteiger partial charge in [-0.15, -0.1) is 6.58 Å². The molecule has 1 aromatic rings. The van der Waals surface area contributed by atoms with E-state index >= 15 is 0 Å². The predicted octanol–water partition coefficient (Wildman–Crippen LogP) is 2.17. The van der Waals surface area contributed by atoms with E-state index in [1.54, 1.807) is 0 Å². The van der Waals surface area contributed by atoms with Gasteiger partial charge >= 0.3 is 0 Å². The Bertz CT molecular complexity index is 534. The summed E-state index contributed by atoms with van der Waals surface area (Å²) in [6, 6.07) is 8.52. The molecule has 1 saturated heterocycles. The van der Waals surface area contributed by atoms with Crippen molar-refractivity contribution in [1.29, 1.82) is 0 Å². The van der Waals surface area contributed by atoms with Gasteiger partial charge in [-0.2, -0.15) is 0 Å². The van der Waals surface area contributed by atoms with E-state index in [0.29, 0.717) is 5.75 Å². The number of hydrogen-bond acceptors (Lipinski definition) is 3. The Morgan fingerprint density at radius 3 is 2.58 bits per heavy atom. The molecule has 0 radical (unpaired) electrons. The molecule has 0 aromatic heterocycles. The molecule has 3 nitrogen and oxygen atoms in total. The number of rotatable bonds is 5. The molecule has 104 valence electrons. The first-order valence-electron chi connectivity index (χ1n) is 6.61. The van der Waals surface area contributed by atoms with Gasteiger partial charge in [0.2, 0.25) is 0 Å². The van der Waals surface area contributed by atoms with E-state index in [9.17, 15) is 8.42 Å². The third-order valence-corrected chi connectivity index (χ3v) is 5.35. The van der Waals surface area contributed by atoms with Crippen LogP contribution in [-0.4, -0.2) is 37.4 Å². The number of benzene rings is 1. The summed E-state index contributed by atoms with van der Waals surface area (Å²) < 4.78 is 23.2. The Labute approximate surface area is 115 Å². The zero-order valence-corrected chi connectivity index (χ0v) is 12.2. The molecule has 1 aliphatic heterocycles. The normalized spacial score (nSPS) is 21.7. The second-order valence-corrected chi connectivity index (χ2v) is 7.49. The molecule has 0 aliphatic carbocycles. The Morgan fingerprint density at radius 1 is 1.37 bits per heavy atom. The van der Waals surface area contributed by atoms with Crippen molar-refractivity contribution in [3.63, 3.8) is 0 Å². The summed E-state index contributed by atoms with van der Waals surface area (Å²) in [4.78, 5) is 2.21. The number of nitrogens with zero attached hydrogens (tertiary/aromatic N) is 1. The molecular formula is C15H21NO2S. The fourth-order valence-electron chi connectivity index (χ4n) is 2.50. The SMILES string of the molecule is C=CCN(Cc1ccc(C)cc1)[C@H]1CCS(=O)(=O)C1. The van der Waals surface area contributed by atoms with Crippen LogP contribution in [0.15, 0.2) is 36.9 Å². The van der Waals surface area contributed by atoms with Crippen LogP contribution in [0.25, 0.3) is 0 Å². The van der Waals surface area contributed by atoms with Gasteiger partial charge in [0, 0.05) is 19.1 Å². The zero-order valence-electron chi connectivity index (χ0n) is 11.4. The van der Waals surface area contributed by atoms with E-state index in [1.165, 1.54) is 11.1 Å². The molecule has 19 heavy (non-hydrogen) atoms. The first kappa shape index (κ1) is 14.3. The molecule has 1 aliphatic rings. The molecule has 1 atom stereocenters. The lowest BCUT2D eigenvalue weighted by Gasteiger charge is -2.26. The second-order valence-electron chi connectivity index (χ2n) is 5.26. The fraction of sp³-hybridized carbons (Fsp3) is 0.467. The van der Waals surface area contributed by atoms with Crippen molar-refractivity contribution in [2.45, 2.75) is 25.9 Å². The summed E-state index contributed by atoms with van der Waals surface area (Å²) in [5.74, 6) is 0.603. The maximum absolute atomic E-state index is 11.6. The maximum Gasteiger partial charge on any atom is 0.151 e. The number of hydrogen-bond donors (Lipinski definition) is 0. The lowest BCUT2D eigenvalue weighted by Crippen LogP contribution is -2.35. The Kier molecular flexibility index (Phi) is 4.42. The average Bonchev–Trinajstić information content (AvgIpc) is 2.72. The van der Waals surface area contributed by atoms with Crippen molar-refractivity contribution in [2.75, 3.05) is 18.1 Å². The molecule has 0 bridgehead atoms. The Balaban J connectivity index is 2.08. The van der Waals surface area contributed by atoms with Crippen LogP contribution in [-0.2, 0) is 16.4 Å². The summed E-state index contributed by atoms with van der Waals surface area (Å²) >= 11 is 0. The second kappa shape index (κ2) is 5.88. The first-order chi connectivity index (χ1) is 9.00. The summed E-state index contributed by atoms with van der Waals surface area (Å²) in [7, 11) is -2.83. The molecule has 0 amide bonds. The number of sulfone groups is 1. The van der Waals surface area contributed by atoms with E-state index in [-0.39, 0.29) is 11.8 Å². The van der Waals surface area contributed by atoms with Crippen LogP contribution >= 0.6 is 0 Å². The van der Waals surface area contributed by atoms with Crippen LogP contribution in [0.2, 0.25) is 0 Å². The summed E-state index contributed by atoms with van der Waals surface area (Å²) in [5.41, 5.74) is 2.46. The smallest absolute Gasteiger partial charge is 0.151 e. The highest BCUT2D eigenvalue weighted by Gasteiger charge is 2.31. The maximum atomic E-state index is 11.6.